The zero-order valence-corrected chi connectivity index (χ0v) is 16.1. The van der Waals surface area contributed by atoms with Gasteiger partial charge in [0.2, 0.25) is 0 Å². The zero-order chi connectivity index (χ0) is 18.2. The Kier molecular flexibility index (Phi) is 6.82. The molecule has 1 aromatic rings. The van der Waals surface area contributed by atoms with Gasteiger partial charge < -0.3 is 14.8 Å². The highest BCUT2D eigenvalue weighted by Crippen LogP contribution is 2.25. The summed E-state index contributed by atoms with van der Waals surface area (Å²) in [5, 5.41) is 5.89. The van der Waals surface area contributed by atoms with Crippen LogP contribution in [0.3, 0.4) is 0 Å². The molecular weight excluding hydrogens is 322 g/mol. The highest BCUT2D eigenvalue weighted by atomic mass is 16.5. The molecule has 1 unspecified atom stereocenters. The summed E-state index contributed by atoms with van der Waals surface area (Å²) >= 11 is 0. The molecule has 0 fully saturated rings. The Morgan fingerprint density at radius 3 is 2.77 bits per heavy atom. The Labute approximate surface area is 157 Å². The van der Waals surface area contributed by atoms with Crippen molar-refractivity contribution in [3.8, 4) is 0 Å². The van der Waals surface area contributed by atoms with Gasteiger partial charge in [-0.3, -0.25) is 0 Å². The maximum absolute atomic E-state index is 6.12. The van der Waals surface area contributed by atoms with E-state index in [9.17, 15) is 0 Å². The summed E-state index contributed by atoms with van der Waals surface area (Å²) in [6.45, 7) is 6.22. The van der Waals surface area contributed by atoms with Crippen LogP contribution in [0.1, 0.15) is 52.4 Å². The first-order chi connectivity index (χ1) is 12.8. The van der Waals surface area contributed by atoms with Crippen LogP contribution in [0.4, 0.5) is 5.69 Å². The Morgan fingerprint density at radius 1 is 1.08 bits per heavy atom. The minimum atomic E-state index is -0.0518. The summed E-state index contributed by atoms with van der Waals surface area (Å²) in [6, 6.07) is 6.51. The van der Waals surface area contributed by atoms with Crippen LogP contribution in [0, 0.1) is 0 Å². The average molecular weight is 354 g/mol. The van der Waals surface area contributed by atoms with Crippen molar-refractivity contribution in [2.45, 2.75) is 58.5 Å². The minimum absolute atomic E-state index is 0.0518. The van der Waals surface area contributed by atoms with Gasteiger partial charge in [0.1, 0.15) is 11.9 Å². The lowest BCUT2D eigenvalue weighted by Crippen LogP contribution is -2.37. The van der Waals surface area contributed by atoms with E-state index < -0.39 is 0 Å². The molecule has 140 valence electrons. The average Bonchev–Trinajstić information content (AvgIpc) is 2.68. The van der Waals surface area contributed by atoms with Crippen LogP contribution in [-0.2, 0) is 9.47 Å². The quantitative estimate of drug-likeness (QED) is 0.638. The van der Waals surface area contributed by atoms with Gasteiger partial charge >= 0.3 is 0 Å². The van der Waals surface area contributed by atoms with Crippen molar-refractivity contribution in [2.75, 3.05) is 18.5 Å². The molecule has 1 aliphatic carbocycles. The number of allylic oxidation sites excluding steroid dienone is 2. The Bertz CT molecular complexity index is 776. The molecular formula is C23H31NO2. The Balaban J connectivity index is 1.84. The van der Waals surface area contributed by atoms with E-state index in [4.69, 9.17) is 9.47 Å². The first-order valence-electron chi connectivity index (χ1n) is 10.1. The second-order valence-corrected chi connectivity index (χ2v) is 7.00. The molecule has 0 spiro atoms. The fraction of sp³-hybridized carbons (Fsp3) is 0.478. The van der Waals surface area contributed by atoms with Crippen LogP contribution in [0.2, 0.25) is 0 Å². The number of rotatable bonds is 10. The van der Waals surface area contributed by atoms with Crippen molar-refractivity contribution in [1.82, 2.24) is 0 Å². The van der Waals surface area contributed by atoms with E-state index in [0.29, 0.717) is 0 Å². The van der Waals surface area contributed by atoms with E-state index in [1.165, 1.54) is 43.0 Å². The predicted octanol–water partition coefficient (Wildman–Crippen LogP) is 4.24. The van der Waals surface area contributed by atoms with E-state index in [1.807, 2.05) is 12.3 Å². The molecule has 0 amide bonds. The van der Waals surface area contributed by atoms with Gasteiger partial charge in [0.25, 0.3) is 0 Å². The van der Waals surface area contributed by atoms with Crippen LogP contribution in [-0.4, -0.2) is 19.3 Å². The molecule has 0 aromatic heterocycles. The number of benzene rings is 1. The van der Waals surface area contributed by atoms with Crippen molar-refractivity contribution in [1.29, 1.82) is 0 Å². The Morgan fingerprint density at radius 2 is 1.92 bits per heavy atom. The van der Waals surface area contributed by atoms with Crippen molar-refractivity contribution >= 4 is 17.5 Å². The molecule has 1 aromatic carbocycles. The molecule has 1 N–H and O–H groups in total. The van der Waals surface area contributed by atoms with Crippen LogP contribution in [0.25, 0.3) is 11.8 Å². The van der Waals surface area contributed by atoms with Gasteiger partial charge in [0.15, 0.2) is 0 Å². The summed E-state index contributed by atoms with van der Waals surface area (Å²) in [6.07, 6.45) is 15.2. The number of fused-ring (bicyclic) bond motifs is 2. The lowest BCUT2D eigenvalue weighted by Gasteiger charge is -2.25. The molecule has 1 aliphatic heterocycles. The highest BCUT2D eigenvalue weighted by molar-refractivity contribution is 5.72. The Hall–Kier alpha value is -2.16. The van der Waals surface area contributed by atoms with Crippen molar-refractivity contribution < 1.29 is 9.47 Å². The topological polar surface area (TPSA) is 30.5 Å². The van der Waals surface area contributed by atoms with Gasteiger partial charge in [-0.05, 0) is 48.4 Å². The standard InChI is InChI=1S/C23H31NO2/c1-3-5-7-14-24-19-13-12-18-17-26-22-11-9-10-21(23(22)20(18)16-19)25-15-8-6-4-2/h9-13,16-17,22,24H,3-8,14-15H2,1-2H3. The number of unbranched alkanes of at least 4 members (excludes halogenated alkanes) is 4. The molecule has 1 atom stereocenters. The predicted molar refractivity (Wildman–Crippen MR) is 109 cm³/mol. The summed E-state index contributed by atoms with van der Waals surface area (Å²) in [5.74, 6) is 0.950. The number of ether oxygens (including phenoxy) is 2. The molecule has 0 saturated heterocycles. The summed E-state index contributed by atoms with van der Waals surface area (Å²) in [7, 11) is 0. The van der Waals surface area contributed by atoms with Gasteiger partial charge in [-0.15, -0.1) is 0 Å². The summed E-state index contributed by atoms with van der Waals surface area (Å²) in [5.41, 5.74) is 2.32. The van der Waals surface area contributed by atoms with Crippen LogP contribution < -0.4 is 15.8 Å². The third kappa shape index (κ3) is 4.51. The molecule has 3 nitrogen and oxygen atoms in total. The second kappa shape index (κ2) is 9.51. The maximum Gasteiger partial charge on any atom is 0.146 e. The van der Waals surface area contributed by atoms with E-state index in [0.717, 1.165) is 36.1 Å². The van der Waals surface area contributed by atoms with Gasteiger partial charge in [0, 0.05) is 23.0 Å². The molecule has 3 rings (SSSR count). The summed E-state index contributed by atoms with van der Waals surface area (Å²) < 4.78 is 12.1. The second-order valence-electron chi connectivity index (χ2n) is 7.00. The third-order valence-corrected chi connectivity index (χ3v) is 4.88. The molecule has 2 aliphatic rings. The van der Waals surface area contributed by atoms with E-state index in [-0.39, 0.29) is 6.10 Å². The van der Waals surface area contributed by atoms with Crippen molar-refractivity contribution in [3.63, 3.8) is 0 Å². The molecule has 26 heavy (non-hydrogen) atoms. The first-order valence-corrected chi connectivity index (χ1v) is 10.1. The monoisotopic (exact) mass is 353 g/mol. The van der Waals surface area contributed by atoms with Gasteiger partial charge in [0.05, 0.1) is 12.9 Å². The normalized spacial score (nSPS) is 17.5. The number of anilines is 1. The number of hydrogen-bond donors (Lipinski definition) is 1. The maximum atomic E-state index is 6.12. The van der Waals surface area contributed by atoms with Crippen LogP contribution in [0.15, 0.2) is 42.2 Å². The lowest BCUT2D eigenvalue weighted by molar-refractivity contribution is 0.203. The number of hydrogen-bond acceptors (Lipinski definition) is 3. The van der Waals surface area contributed by atoms with E-state index >= 15 is 0 Å². The fourth-order valence-corrected chi connectivity index (χ4v) is 3.39. The summed E-state index contributed by atoms with van der Waals surface area (Å²) in [4.78, 5) is 0. The van der Waals surface area contributed by atoms with Crippen molar-refractivity contribution in [2.24, 2.45) is 0 Å². The lowest BCUT2D eigenvalue weighted by atomic mass is 9.97. The smallest absolute Gasteiger partial charge is 0.146 e. The number of nitrogens with one attached hydrogen (secondary N) is 1. The largest absolute Gasteiger partial charge is 0.493 e. The van der Waals surface area contributed by atoms with Gasteiger partial charge in [-0.1, -0.05) is 45.6 Å². The van der Waals surface area contributed by atoms with Crippen LogP contribution in [0.5, 0.6) is 0 Å². The zero-order valence-electron chi connectivity index (χ0n) is 16.1. The van der Waals surface area contributed by atoms with Gasteiger partial charge in [-0.2, -0.15) is 0 Å². The molecule has 1 heterocycles. The van der Waals surface area contributed by atoms with Crippen molar-refractivity contribution in [3.05, 3.63) is 52.6 Å². The molecule has 3 heteroatoms. The molecule has 0 bridgehead atoms. The van der Waals surface area contributed by atoms with Gasteiger partial charge in [-0.25, -0.2) is 0 Å². The molecule has 0 radical (unpaired) electrons. The first kappa shape index (κ1) is 18.6. The third-order valence-electron chi connectivity index (χ3n) is 4.88. The minimum Gasteiger partial charge on any atom is -0.493 e. The fourth-order valence-electron chi connectivity index (χ4n) is 3.39. The van der Waals surface area contributed by atoms with E-state index in [1.54, 1.807) is 0 Å². The molecule has 0 saturated carbocycles. The highest BCUT2D eigenvalue weighted by Gasteiger charge is 2.23. The van der Waals surface area contributed by atoms with Crippen LogP contribution >= 0.6 is 0 Å². The van der Waals surface area contributed by atoms with E-state index in [2.05, 4.69) is 49.5 Å². The SMILES string of the molecule is CCCCCNc1ccc2c(c1)=C1C(OCCCCC)=CC=CC1OC=2.